The Bertz CT molecular complexity index is 498. The third-order valence-electron chi connectivity index (χ3n) is 3.68. The topological polar surface area (TPSA) is 56.9 Å². The van der Waals surface area contributed by atoms with Crippen LogP contribution in [0.2, 0.25) is 0 Å². The smallest absolute Gasteiger partial charge is 0.101 e. The van der Waals surface area contributed by atoms with Gasteiger partial charge in [-0.2, -0.15) is 5.26 Å². The van der Waals surface area contributed by atoms with E-state index >= 15 is 0 Å². The van der Waals surface area contributed by atoms with Crippen LogP contribution in [0.15, 0.2) is 0 Å². The Morgan fingerprint density at radius 3 is 2.71 bits per heavy atom. The van der Waals surface area contributed by atoms with E-state index in [1.54, 1.807) is 0 Å². The van der Waals surface area contributed by atoms with Crippen molar-refractivity contribution in [2.75, 3.05) is 0 Å². The van der Waals surface area contributed by atoms with Crippen LogP contribution in [0, 0.1) is 25.2 Å². The molecule has 0 saturated heterocycles. The standard InChI is InChI=1S/C14H18N2O/c1-9-11(8-15)10(2)16-12-6-4-5-7-14(3,17)13(9)12/h17H,4-7H2,1-3H3. The van der Waals surface area contributed by atoms with Crippen LogP contribution in [0.5, 0.6) is 0 Å². The van der Waals surface area contributed by atoms with Crippen LogP contribution >= 0.6 is 0 Å². The van der Waals surface area contributed by atoms with Gasteiger partial charge in [-0.15, -0.1) is 0 Å². The molecule has 2 rings (SSSR count). The molecule has 0 spiro atoms. The zero-order valence-corrected chi connectivity index (χ0v) is 10.7. The van der Waals surface area contributed by atoms with Crippen molar-refractivity contribution in [1.29, 1.82) is 5.26 Å². The first-order valence-corrected chi connectivity index (χ1v) is 6.10. The van der Waals surface area contributed by atoms with E-state index in [1.165, 1.54) is 0 Å². The van der Waals surface area contributed by atoms with E-state index in [4.69, 9.17) is 5.26 Å². The minimum absolute atomic E-state index is 0.617. The Hall–Kier alpha value is -1.40. The molecule has 1 atom stereocenters. The van der Waals surface area contributed by atoms with Crippen LogP contribution in [-0.4, -0.2) is 10.1 Å². The van der Waals surface area contributed by atoms with Gasteiger partial charge in [0.2, 0.25) is 0 Å². The highest BCUT2D eigenvalue weighted by Gasteiger charge is 2.32. The molecule has 0 radical (unpaired) electrons. The van der Waals surface area contributed by atoms with Crippen LogP contribution in [0.4, 0.5) is 0 Å². The zero-order valence-electron chi connectivity index (χ0n) is 10.7. The Morgan fingerprint density at radius 2 is 2.06 bits per heavy atom. The Morgan fingerprint density at radius 1 is 1.35 bits per heavy atom. The molecule has 17 heavy (non-hydrogen) atoms. The number of aromatic nitrogens is 1. The van der Waals surface area contributed by atoms with E-state index < -0.39 is 5.60 Å². The monoisotopic (exact) mass is 230 g/mol. The molecule has 3 heteroatoms. The van der Waals surface area contributed by atoms with Gasteiger partial charge >= 0.3 is 0 Å². The van der Waals surface area contributed by atoms with Gasteiger partial charge in [0, 0.05) is 11.3 Å². The van der Waals surface area contributed by atoms with Crippen LogP contribution in [0.1, 0.15) is 54.3 Å². The highest BCUT2D eigenvalue weighted by Crippen LogP contribution is 2.36. The van der Waals surface area contributed by atoms with Crippen LogP contribution < -0.4 is 0 Å². The number of aryl methyl sites for hydroxylation is 2. The van der Waals surface area contributed by atoms with Crippen molar-refractivity contribution in [2.24, 2.45) is 0 Å². The van der Waals surface area contributed by atoms with E-state index in [-0.39, 0.29) is 0 Å². The predicted molar refractivity (Wildman–Crippen MR) is 65.6 cm³/mol. The summed E-state index contributed by atoms with van der Waals surface area (Å²) in [6.45, 7) is 5.62. The van der Waals surface area contributed by atoms with E-state index in [0.717, 1.165) is 48.2 Å². The van der Waals surface area contributed by atoms with Crippen molar-refractivity contribution in [3.8, 4) is 6.07 Å². The molecule has 1 aliphatic carbocycles. The lowest BCUT2D eigenvalue weighted by Gasteiger charge is -2.26. The van der Waals surface area contributed by atoms with Gasteiger partial charge < -0.3 is 5.11 Å². The second-order valence-corrected chi connectivity index (χ2v) is 5.11. The first-order chi connectivity index (χ1) is 7.97. The molecule has 0 aromatic carbocycles. The van der Waals surface area contributed by atoms with Gasteiger partial charge in [0.15, 0.2) is 0 Å². The molecule has 1 heterocycles. The summed E-state index contributed by atoms with van der Waals surface area (Å²) in [4.78, 5) is 4.52. The molecule has 0 saturated carbocycles. The van der Waals surface area contributed by atoms with Crippen LogP contribution in [0.25, 0.3) is 0 Å². The number of fused-ring (bicyclic) bond motifs is 1. The molecule has 0 bridgehead atoms. The Balaban J connectivity index is 2.74. The average Bonchev–Trinajstić information content (AvgIpc) is 2.37. The molecular weight excluding hydrogens is 212 g/mol. The molecule has 90 valence electrons. The minimum atomic E-state index is -0.845. The second kappa shape index (κ2) is 4.12. The molecule has 0 aliphatic heterocycles. The molecule has 0 fully saturated rings. The van der Waals surface area contributed by atoms with Crippen molar-refractivity contribution in [3.05, 3.63) is 28.1 Å². The second-order valence-electron chi connectivity index (χ2n) is 5.11. The molecule has 1 aromatic heterocycles. The highest BCUT2D eigenvalue weighted by atomic mass is 16.3. The third-order valence-corrected chi connectivity index (χ3v) is 3.68. The maximum absolute atomic E-state index is 10.5. The maximum atomic E-state index is 10.5. The van der Waals surface area contributed by atoms with E-state index in [9.17, 15) is 5.11 Å². The number of hydrogen-bond donors (Lipinski definition) is 1. The van der Waals surface area contributed by atoms with Crippen LogP contribution in [0.3, 0.4) is 0 Å². The molecule has 3 nitrogen and oxygen atoms in total. The first-order valence-electron chi connectivity index (χ1n) is 6.10. The quantitative estimate of drug-likeness (QED) is 0.697. The summed E-state index contributed by atoms with van der Waals surface area (Å²) in [5.41, 5.74) is 3.32. The van der Waals surface area contributed by atoms with E-state index in [0.29, 0.717) is 5.56 Å². The summed E-state index contributed by atoms with van der Waals surface area (Å²) >= 11 is 0. The van der Waals surface area contributed by atoms with Crippen molar-refractivity contribution in [3.63, 3.8) is 0 Å². The predicted octanol–water partition coefficient (Wildman–Crippen LogP) is 2.50. The normalized spacial score (nSPS) is 23.7. The van der Waals surface area contributed by atoms with Gasteiger partial charge in [0.05, 0.1) is 16.9 Å². The van der Waals surface area contributed by atoms with Crippen LogP contribution in [-0.2, 0) is 12.0 Å². The van der Waals surface area contributed by atoms with Gasteiger partial charge in [0.1, 0.15) is 6.07 Å². The summed E-state index contributed by atoms with van der Waals surface area (Å²) < 4.78 is 0. The molecular formula is C14H18N2O. The lowest BCUT2D eigenvalue weighted by Crippen LogP contribution is -2.24. The fourth-order valence-corrected chi connectivity index (χ4v) is 2.87. The van der Waals surface area contributed by atoms with Crippen molar-refractivity contribution >= 4 is 0 Å². The number of nitrogens with zero attached hydrogens (tertiary/aromatic N) is 2. The fraction of sp³-hybridized carbons (Fsp3) is 0.571. The number of pyridine rings is 1. The fourth-order valence-electron chi connectivity index (χ4n) is 2.87. The summed E-state index contributed by atoms with van der Waals surface area (Å²) in [6, 6.07) is 2.20. The first kappa shape index (κ1) is 12.1. The molecule has 1 aromatic rings. The maximum Gasteiger partial charge on any atom is 0.101 e. The zero-order chi connectivity index (χ0) is 12.6. The molecule has 1 aliphatic rings. The van der Waals surface area contributed by atoms with Gasteiger partial charge in [-0.05, 0) is 52.0 Å². The largest absolute Gasteiger partial charge is 0.385 e. The Labute approximate surface area is 102 Å². The van der Waals surface area contributed by atoms with Crippen molar-refractivity contribution < 1.29 is 5.11 Å². The van der Waals surface area contributed by atoms with Crippen molar-refractivity contribution in [2.45, 2.75) is 52.1 Å². The third kappa shape index (κ3) is 1.94. The molecule has 1 N–H and O–H groups in total. The molecule has 1 unspecified atom stereocenters. The number of aliphatic hydroxyl groups is 1. The lowest BCUT2D eigenvalue weighted by molar-refractivity contribution is 0.0463. The van der Waals surface area contributed by atoms with Gasteiger partial charge in [-0.25, -0.2) is 0 Å². The number of hydrogen-bond acceptors (Lipinski definition) is 3. The SMILES string of the molecule is Cc1nc2c(c(C)c1C#N)C(C)(O)CCCC2. The summed E-state index contributed by atoms with van der Waals surface area (Å²) in [6.07, 6.45) is 3.71. The van der Waals surface area contributed by atoms with Gasteiger partial charge in [-0.3, -0.25) is 4.98 Å². The average molecular weight is 230 g/mol. The minimum Gasteiger partial charge on any atom is -0.385 e. The number of rotatable bonds is 0. The number of nitriles is 1. The Kier molecular flexibility index (Phi) is 2.92. The lowest BCUT2D eigenvalue weighted by atomic mass is 9.86. The van der Waals surface area contributed by atoms with Crippen molar-refractivity contribution in [1.82, 2.24) is 4.98 Å². The van der Waals surface area contributed by atoms with E-state index in [2.05, 4.69) is 11.1 Å². The molecule has 0 amide bonds. The summed E-state index contributed by atoms with van der Waals surface area (Å²) in [5, 5.41) is 19.7. The summed E-state index contributed by atoms with van der Waals surface area (Å²) in [7, 11) is 0. The highest BCUT2D eigenvalue weighted by molar-refractivity contribution is 5.48. The van der Waals surface area contributed by atoms with E-state index in [1.807, 2.05) is 20.8 Å². The summed E-state index contributed by atoms with van der Waals surface area (Å²) in [5.74, 6) is 0. The van der Waals surface area contributed by atoms with Gasteiger partial charge in [-0.1, -0.05) is 0 Å². The van der Waals surface area contributed by atoms with Gasteiger partial charge in [0.25, 0.3) is 0 Å².